The quantitative estimate of drug-likeness (QED) is 0.840. The molecule has 0 aromatic heterocycles. The Morgan fingerprint density at radius 3 is 2.64 bits per heavy atom. The maximum absolute atomic E-state index is 5.79. The molecule has 3 aliphatic rings. The highest BCUT2D eigenvalue weighted by atomic mass is 16.7. The van der Waals surface area contributed by atoms with Crippen molar-refractivity contribution >= 4 is 0 Å². The van der Waals surface area contributed by atoms with Gasteiger partial charge in [-0.2, -0.15) is 0 Å². The summed E-state index contributed by atoms with van der Waals surface area (Å²) in [5, 5.41) is 0. The van der Waals surface area contributed by atoms with Gasteiger partial charge in [0.15, 0.2) is 23.0 Å². The van der Waals surface area contributed by atoms with E-state index in [9.17, 15) is 0 Å². The Kier molecular flexibility index (Phi) is 3.16. The van der Waals surface area contributed by atoms with E-state index in [2.05, 4.69) is 30.1 Å². The van der Waals surface area contributed by atoms with E-state index in [0.29, 0.717) is 12.8 Å². The summed E-state index contributed by atoms with van der Waals surface area (Å²) in [6, 6.07) is 6.71. The van der Waals surface area contributed by atoms with E-state index >= 15 is 0 Å². The van der Waals surface area contributed by atoms with Crippen molar-refractivity contribution in [2.24, 2.45) is 0 Å². The number of fused-ring (bicyclic) bond motifs is 4. The Hall–Kier alpha value is -2.40. The summed E-state index contributed by atoms with van der Waals surface area (Å²) < 4.78 is 22.6. The smallest absolute Gasteiger partial charge is 0.231 e. The number of hydrogen-bond donors (Lipinski definition) is 0. The summed E-state index contributed by atoms with van der Waals surface area (Å²) in [6.45, 7) is 1.34. The van der Waals surface area contributed by atoms with E-state index in [1.54, 1.807) is 14.2 Å². The van der Waals surface area contributed by atoms with E-state index in [4.69, 9.17) is 18.9 Å². The molecule has 0 spiro atoms. The molecule has 25 heavy (non-hydrogen) atoms. The van der Waals surface area contributed by atoms with Crippen molar-refractivity contribution < 1.29 is 18.9 Å². The van der Waals surface area contributed by atoms with Crippen LogP contribution < -0.4 is 18.9 Å². The zero-order valence-corrected chi connectivity index (χ0v) is 14.7. The van der Waals surface area contributed by atoms with E-state index in [0.717, 1.165) is 42.4 Å². The molecule has 0 saturated heterocycles. The van der Waals surface area contributed by atoms with Crippen molar-refractivity contribution in [1.82, 2.24) is 4.90 Å². The summed E-state index contributed by atoms with van der Waals surface area (Å²) in [4.78, 5) is 2.44. The number of likely N-dealkylation sites (N-methyl/N-ethyl adjacent to an activating group) is 1. The fourth-order valence-electron chi connectivity index (χ4n) is 4.45. The van der Waals surface area contributed by atoms with Gasteiger partial charge in [-0.1, -0.05) is 0 Å². The van der Waals surface area contributed by atoms with Crippen LogP contribution in [0.4, 0.5) is 0 Å². The average Bonchev–Trinajstić information content (AvgIpc) is 3.11. The van der Waals surface area contributed by atoms with Gasteiger partial charge in [-0.15, -0.1) is 0 Å². The number of rotatable bonds is 2. The molecular weight excluding hydrogens is 318 g/mol. The molecule has 0 bridgehead atoms. The van der Waals surface area contributed by atoms with Gasteiger partial charge >= 0.3 is 0 Å². The highest BCUT2D eigenvalue weighted by Crippen LogP contribution is 2.53. The largest absolute Gasteiger partial charge is 0.493 e. The monoisotopic (exact) mass is 339 g/mol. The predicted octanol–water partition coefficient (Wildman–Crippen LogP) is 3.18. The second-order valence-electron chi connectivity index (χ2n) is 6.87. The third-order valence-corrected chi connectivity index (χ3v) is 5.70. The first-order valence-electron chi connectivity index (χ1n) is 8.62. The maximum atomic E-state index is 5.79. The molecule has 1 atom stereocenters. The Morgan fingerprint density at radius 2 is 1.84 bits per heavy atom. The number of nitrogens with zero attached hydrogens (tertiary/aromatic N) is 1. The van der Waals surface area contributed by atoms with Gasteiger partial charge in [-0.05, 0) is 60.3 Å². The molecule has 5 nitrogen and oxygen atoms in total. The van der Waals surface area contributed by atoms with Gasteiger partial charge in [0.1, 0.15) is 0 Å². The van der Waals surface area contributed by atoms with Crippen LogP contribution in [-0.4, -0.2) is 39.5 Å². The van der Waals surface area contributed by atoms with Crippen molar-refractivity contribution in [3.63, 3.8) is 0 Å². The fourth-order valence-corrected chi connectivity index (χ4v) is 4.45. The van der Waals surface area contributed by atoms with E-state index in [1.165, 1.54) is 27.8 Å². The molecule has 130 valence electrons. The summed E-state index contributed by atoms with van der Waals surface area (Å²) in [6.07, 6.45) is 1.95. The predicted molar refractivity (Wildman–Crippen MR) is 93.9 cm³/mol. The zero-order valence-electron chi connectivity index (χ0n) is 14.7. The first-order valence-corrected chi connectivity index (χ1v) is 8.62. The van der Waals surface area contributed by atoms with Gasteiger partial charge in [0.25, 0.3) is 0 Å². The molecule has 2 aromatic carbocycles. The molecule has 0 saturated carbocycles. The molecule has 2 aliphatic heterocycles. The van der Waals surface area contributed by atoms with Crippen LogP contribution in [0.3, 0.4) is 0 Å². The molecule has 5 rings (SSSR count). The minimum atomic E-state index is 0.310. The first kappa shape index (κ1) is 14.9. The Bertz CT molecular complexity index is 877. The van der Waals surface area contributed by atoms with Crippen molar-refractivity contribution in [3.8, 4) is 34.1 Å². The summed E-state index contributed by atoms with van der Waals surface area (Å²) in [7, 11) is 5.57. The van der Waals surface area contributed by atoms with Gasteiger partial charge in [0, 0.05) is 18.2 Å². The lowest BCUT2D eigenvalue weighted by atomic mass is 9.76. The van der Waals surface area contributed by atoms with Crippen LogP contribution in [0, 0.1) is 0 Å². The van der Waals surface area contributed by atoms with Crippen molar-refractivity contribution in [2.45, 2.75) is 18.9 Å². The van der Waals surface area contributed by atoms with Gasteiger partial charge < -0.3 is 18.9 Å². The first-order chi connectivity index (χ1) is 12.2. The van der Waals surface area contributed by atoms with Crippen LogP contribution in [0.1, 0.15) is 22.7 Å². The van der Waals surface area contributed by atoms with Crippen LogP contribution in [-0.2, 0) is 12.8 Å². The molecular formula is C20H21NO4. The fraction of sp³-hybridized carbons (Fsp3) is 0.400. The van der Waals surface area contributed by atoms with Crippen LogP contribution >= 0.6 is 0 Å². The van der Waals surface area contributed by atoms with Crippen LogP contribution in [0.5, 0.6) is 23.0 Å². The Morgan fingerprint density at radius 1 is 1.04 bits per heavy atom. The Balaban J connectivity index is 1.80. The number of hydrogen-bond acceptors (Lipinski definition) is 5. The molecule has 0 fully saturated rings. The second-order valence-corrected chi connectivity index (χ2v) is 6.87. The highest BCUT2D eigenvalue weighted by Gasteiger charge is 2.37. The SMILES string of the molecule is COc1cc2c(cc1OC)-c1cc3c(c4c1C(C2)N(C)CC4)OCO3. The lowest BCUT2D eigenvalue weighted by Gasteiger charge is -2.40. The molecule has 0 radical (unpaired) electrons. The van der Waals surface area contributed by atoms with Gasteiger partial charge in [-0.3, -0.25) is 4.90 Å². The standard InChI is InChI=1S/C20H21NO4/c1-21-5-4-12-19-14(9-18-20(12)25-10-24-18)13-8-17(23-3)16(22-2)7-11(13)6-15(19)21/h7-9,15H,4-6,10H2,1-3H3. The Labute approximate surface area is 147 Å². The topological polar surface area (TPSA) is 40.2 Å². The number of benzene rings is 2. The van der Waals surface area contributed by atoms with Crippen molar-refractivity contribution in [3.05, 3.63) is 34.9 Å². The lowest BCUT2D eigenvalue weighted by molar-refractivity contribution is 0.171. The van der Waals surface area contributed by atoms with Crippen LogP contribution in [0.25, 0.3) is 11.1 Å². The summed E-state index contributed by atoms with van der Waals surface area (Å²) in [5.41, 5.74) is 6.43. The molecule has 2 heterocycles. The molecule has 5 heteroatoms. The van der Waals surface area contributed by atoms with Crippen molar-refractivity contribution in [1.29, 1.82) is 0 Å². The van der Waals surface area contributed by atoms with Gasteiger partial charge in [0.2, 0.25) is 6.79 Å². The molecule has 1 aliphatic carbocycles. The maximum Gasteiger partial charge on any atom is 0.231 e. The van der Waals surface area contributed by atoms with E-state index in [-0.39, 0.29) is 0 Å². The number of ether oxygens (including phenoxy) is 4. The number of methoxy groups -OCH3 is 2. The summed E-state index contributed by atoms with van der Waals surface area (Å²) >= 11 is 0. The minimum absolute atomic E-state index is 0.310. The van der Waals surface area contributed by atoms with Gasteiger partial charge in [0.05, 0.1) is 14.2 Å². The molecule has 1 unspecified atom stereocenters. The third kappa shape index (κ3) is 1.99. The molecule has 2 aromatic rings. The van der Waals surface area contributed by atoms with E-state index < -0.39 is 0 Å². The highest BCUT2D eigenvalue weighted by molar-refractivity contribution is 5.81. The van der Waals surface area contributed by atoms with Crippen molar-refractivity contribution in [2.75, 3.05) is 34.6 Å². The average molecular weight is 339 g/mol. The van der Waals surface area contributed by atoms with Crippen LogP contribution in [0.2, 0.25) is 0 Å². The normalized spacial score (nSPS) is 20.0. The van der Waals surface area contributed by atoms with E-state index in [1.807, 2.05) is 0 Å². The molecule has 0 N–H and O–H groups in total. The third-order valence-electron chi connectivity index (χ3n) is 5.70. The molecule has 0 amide bonds. The summed E-state index contributed by atoms with van der Waals surface area (Å²) in [5.74, 6) is 3.35. The lowest BCUT2D eigenvalue weighted by Crippen LogP contribution is -2.35. The minimum Gasteiger partial charge on any atom is -0.493 e. The zero-order chi connectivity index (χ0) is 17.1. The van der Waals surface area contributed by atoms with Gasteiger partial charge in [-0.25, -0.2) is 0 Å². The van der Waals surface area contributed by atoms with Crippen LogP contribution in [0.15, 0.2) is 18.2 Å². The second kappa shape index (κ2) is 5.30.